The van der Waals surface area contributed by atoms with Crippen molar-refractivity contribution < 1.29 is 19.5 Å². The SMILES string of the molecule is CN(C(=O)CN1Cc2ccccc2C1=O)C(C)(C)C(=O)O. The minimum absolute atomic E-state index is 0.124. The van der Waals surface area contributed by atoms with Crippen LogP contribution in [0.15, 0.2) is 24.3 Å². The van der Waals surface area contributed by atoms with E-state index in [9.17, 15) is 14.4 Å². The Hall–Kier alpha value is -2.37. The average molecular weight is 290 g/mol. The molecule has 0 aliphatic carbocycles. The van der Waals surface area contributed by atoms with Gasteiger partial charge < -0.3 is 14.9 Å². The number of nitrogens with zero attached hydrogens (tertiary/aromatic N) is 2. The summed E-state index contributed by atoms with van der Waals surface area (Å²) in [5, 5.41) is 9.14. The molecule has 0 atom stereocenters. The Bertz CT molecular complexity index is 609. The van der Waals surface area contributed by atoms with Crippen molar-refractivity contribution in [1.29, 1.82) is 0 Å². The first kappa shape index (κ1) is 15.0. The van der Waals surface area contributed by atoms with E-state index >= 15 is 0 Å². The van der Waals surface area contributed by atoms with Gasteiger partial charge >= 0.3 is 5.97 Å². The van der Waals surface area contributed by atoms with Crippen molar-refractivity contribution >= 4 is 17.8 Å². The van der Waals surface area contributed by atoms with E-state index in [1.54, 1.807) is 12.1 Å². The fourth-order valence-corrected chi connectivity index (χ4v) is 2.17. The number of hydrogen-bond donors (Lipinski definition) is 1. The average Bonchev–Trinajstić information content (AvgIpc) is 2.75. The lowest BCUT2D eigenvalue weighted by molar-refractivity contribution is -0.155. The van der Waals surface area contributed by atoms with Crippen LogP contribution in [0.25, 0.3) is 0 Å². The molecule has 0 bridgehead atoms. The van der Waals surface area contributed by atoms with Crippen molar-refractivity contribution in [1.82, 2.24) is 9.80 Å². The second-order valence-electron chi connectivity index (χ2n) is 5.64. The third-order valence-corrected chi connectivity index (χ3v) is 3.96. The van der Waals surface area contributed by atoms with Crippen LogP contribution in [0.4, 0.5) is 0 Å². The summed E-state index contributed by atoms with van der Waals surface area (Å²) in [6, 6.07) is 7.20. The van der Waals surface area contributed by atoms with Gasteiger partial charge in [-0.25, -0.2) is 4.79 Å². The number of hydrogen-bond acceptors (Lipinski definition) is 3. The number of fused-ring (bicyclic) bond motifs is 1. The van der Waals surface area contributed by atoms with Gasteiger partial charge in [0, 0.05) is 19.2 Å². The fourth-order valence-electron chi connectivity index (χ4n) is 2.17. The van der Waals surface area contributed by atoms with Crippen LogP contribution in [0.1, 0.15) is 29.8 Å². The maximum absolute atomic E-state index is 12.2. The monoisotopic (exact) mass is 290 g/mol. The van der Waals surface area contributed by atoms with E-state index in [1.165, 1.54) is 25.8 Å². The molecule has 1 N–H and O–H groups in total. The predicted molar refractivity (Wildman–Crippen MR) is 75.7 cm³/mol. The number of amides is 2. The van der Waals surface area contributed by atoms with Crippen molar-refractivity contribution in [2.45, 2.75) is 25.9 Å². The van der Waals surface area contributed by atoms with E-state index in [0.717, 1.165) is 10.5 Å². The molecule has 6 nitrogen and oxygen atoms in total. The van der Waals surface area contributed by atoms with Crippen molar-refractivity contribution in [2.75, 3.05) is 13.6 Å². The molecule has 0 radical (unpaired) electrons. The fraction of sp³-hybridized carbons (Fsp3) is 0.400. The van der Waals surface area contributed by atoms with Gasteiger partial charge in [0.25, 0.3) is 5.91 Å². The first-order chi connectivity index (χ1) is 9.75. The highest BCUT2D eigenvalue weighted by Crippen LogP contribution is 2.22. The first-order valence-corrected chi connectivity index (χ1v) is 6.62. The minimum atomic E-state index is -1.31. The molecule has 112 valence electrons. The van der Waals surface area contributed by atoms with E-state index in [4.69, 9.17) is 5.11 Å². The molecule has 1 heterocycles. The van der Waals surface area contributed by atoms with E-state index in [1.807, 2.05) is 12.1 Å². The summed E-state index contributed by atoms with van der Waals surface area (Å²) in [6.45, 7) is 3.16. The zero-order valence-corrected chi connectivity index (χ0v) is 12.3. The molecule has 1 aliphatic heterocycles. The number of carbonyl (C=O) groups excluding carboxylic acids is 2. The molecular formula is C15H18N2O4. The highest BCUT2D eigenvalue weighted by Gasteiger charge is 2.37. The number of rotatable bonds is 4. The molecule has 0 aromatic heterocycles. The maximum atomic E-state index is 12.2. The number of aliphatic carboxylic acids is 1. The van der Waals surface area contributed by atoms with Gasteiger partial charge in [-0.2, -0.15) is 0 Å². The molecular weight excluding hydrogens is 272 g/mol. The van der Waals surface area contributed by atoms with Crippen molar-refractivity contribution in [3.63, 3.8) is 0 Å². The summed E-state index contributed by atoms with van der Waals surface area (Å²) < 4.78 is 0. The van der Waals surface area contributed by atoms with Crippen molar-refractivity contribution in [3.8, 4) is 0 Å². The van der Waals surface area contributed by atoms with Crippen LogP contribution in [-0.2, 0) is 16.1 Å². The first-order valence-electron chi connectivity index (χ1n) is 6.62. The quantitative estimate of drug-likeness (QED) is 0.896. The van der Waals surface area contributed by atoms with Crippen molar-refractivity contribution in [3.05, 3.63) is 35.4 Å². The minimum Gasteiger partial charge on any atom is -0.480 e. The lowest BCUT2D eigenvalue weighted by atomic mass is 10.0. The summed E-state index contributed by atoms with van der Waals surface area (Å²) in [7, 11) is 1.43. The molecule has 0 saturated carbocycles. The van der Waals surface area contributed by atoms with Crippen LogP contribution >= 0.6 is 0 Å². The maximum Gasteiger partial charge on any atom is 0.329 e. The summed E-state index contributed by atoms with van der Waals surface area (Å²) in [6.07, 6.45) is 0. The number of likely N-dealkylation sites (N-methyl/N-ethyl adjacent to an activating group) is 1. The molecule has 2 rings (SSSR count). The topological polar surface area (TPSA) is 77.9 Å². The molecule has 1 aromatic rings. The Labute approximate surface area is 123 Å². The van der Waals surface area contributed by atoms with E-state index in [0.29, 0.717) is 12.1 Å². The van der Waals surface area contributed by atoms with Crippen LogP contribution in [-0.4, -0.2) is 51.8 Å². The lowest BCUT2D eigenvalue weighted by Crippen LogP contribution is -2.53. The Kier molecular flexibility index (Phi) is 3.72. The molecule has 1 aliphatic rings. The summed E-state index contributed by atoms with van der Waals surface area (Å²) in [5.41, 5.74) is 0.174. The van der Waals surface area contributed by atoms with Gasteiger partial charge in [0.1, 0.15) is 12.1 Å². The van der Waals surface area contributed by atoms with Gasteiger partial charge in [-0.05, 0) is 25.5 Å². The normalized spacial score (nSPS) is 14.0. The Morgan fingerprint density at radius 3 is 2.52 bits per heavy atom. The van der Waals surface area contributed by atoms with Crippen LogP contribution in [0.2, 0.25) is 0 Å². The standard InChI is InChI=1S/C15H18N2O4/c1-15(2,14(20)21)16(3)12(18)9-17-8-10-6-4-5-7-11(10)13(17)19/h4-7H,8-9H2,1-3H3,(H,20,21). The zero-order valence-electron chi connectivity index (χ0n) is 12.3. The van der Waals surface area contributed by atoms with Gasteiger partial charge in [0.2, 0.25) is 5.91 Å². The predicted octanol–water partition coefficient (Wildman–Crippen LogP) is 0.964. The Balaban J connectivity index is 2.09. The van der Waals surface area contributed by atoms with Crippen LogP contribution in [0, 0.1) is 0 Å². The number of carboxylic acids is 1. The van der Waals surface area contributed by atoms with Gasteiger partial charge in [-0.3, -0.25) is 9.59 Å². The van der Waals surface area contributed by atoms with Gasteiger partial charge in [0.15, 0.2) is 0 Å². The molecule has 0 unspecified atom stereocenters. The summed E-state index contributed by atoms with van der Waals surface area (Å²) in [4.78, 5) is 38.2. The zero-order chi connectivity index (χ0) is 15.8. The number of benzene rings is 1. The van der Waals surface area contributed by atoms with Gasteiger partial charge in [-0.1, -0.05) is 18.2 Å². The molecule has 6 heteroatoms. The van der Waals surface area contributed by atoms with Crippen LogP contribution in [0.3, 0.4) is 0 Å². The Morgan fingerprint density at radius 1 is 1.33 bits per heavy atom. The molecule has 2 amide bonds. The summed E-state index contributed by atoms with van der Waals surface area (Å²) in [5.74, 6) is -1.68. The second kappa shape index (κ2) is 5.20. The Morgan fingerprint density at radius 2 is 1.95 bits per heavy atom. The summed E-state index contributed by atoms with van der Waals surface area (Å²) >= 11 is 0. The molecule has 0 spiro atoms. The van der Waals surface area contributed by atoms with Gasteiger partial charge in [-0.15, -0.1) is 0 Å². The van der Waals surface area contributed by atoms with E-state index in [-0.39, 0.29) is 12.5 Å². The highest BCUT2D eigenvalue weighted by molar-refractivity contribution is 6.00. The molecule has 0 fully saturated rings. The number of carboxylic acid groups (broad SMARTS) is 1. The molecule has 21 heavy (non-hydrogen) atoms. The number of carbonyl (C=O) groups is 3. The van der Waals surface area contributed by atoms with Crippen LogP contribution in [0.5, 0.6) is 0 Å². The van der Waals surface area contributed by atoms with Crippen LogP contribution < -0.4 is 0 Å². The third kappa shape index (κ3) is 2.61. The van der Waals surface area contributed by atoms with Crippen molar-refractivity contribution in [2.24, 2.45) is 0 Å². The highest BCUT2D eigenvalue weighted by atomic mass is 16.4. The van der Waals surface area contributed by atoms with E-state index < -0.39 is 17.4 Å². The van der Waals surface area contributed by atoms with E-state index in [2.05, 4.69) is 0 Å². The molecule has 0 saturated heterocycles. The smallest absolute Gasteiger partial charge is 0.329 e. The van der Waals surface area contributed by atoms with Gasteiger partial charge in [0.05, 0.1) is 0 Å². The lowest BCUT2D eigenvalue weighted by Gasteiger charge is -2.32. The largest absolute Gasteiger partial charge is 0.480 e. The molecule has 1 aromatic carbocycles. The third-order valence-electron chi connectivity index (χ3n) is 3.96. The second-order valence-corrected chi connectivity index (χ2v) is 5.64.